The first kappa shape index (κ1) is 19.7. The van der Waals surface area contributed by atoms with Crippen molar-refractivity contribution in [3.8, 4) is 11.5 Å². The molecular formula is C22H26N2O4. The second kappa shape index (κ2) is 9.26. The Morgan fingerprint density at radius 3 is 2.43 bits per heavy atom. The van der Waals surface area contributed by atoms with Gasteiger partial charge in [-0.15, -0.1) is 0 Å². The first-order valence-corrected chi connectivity index (χ1v) is 9.65. The molecule has 2 aromatic carbocycles. The van der Waals surface area contributed by atoms with Crippen LogP contribution in [0.3, 0.4) is 0 Å². The highest BCUT2D eigenvalue weighted by atomic mass is 16.5. The summed E-state index contributed by atoms with van der Waals surface area (Å²) in [6, 6.07) is 14.1. The van der Waals surface area contributed by atoms with Gasteiger partial charge in [0, 0.05) is 19.1 Å². The number of phenolic OH excluding ortho intramolecular Hbond substituents is 1. The third kappa shape index (κ3) is 5.03. The van der Waals surface area contributed by atoms with Crippen LogP contribution in [0.1, 0.15) is 35.7 Å². The van der Waals surface area contributed by atoms with Gasteiger partial charge >= 0.3 is 0 Å². The lowest BCUT2D eigenvalue weighted by Gasteiger charge is -2.32. The Hall–Kier alpha value is -3.02. The molecule has 148 valence electrons. The number of aromatic hydroxyl groups is 1. The summed E-state index contributed by atoms with van der Waals surface area (Å²) in [4.78, 5) is 26.7. The van der Waals surface area contributed by atoms with Crippen molar-refractivity contribution >= 4 is 11.8 Å². The van der Waals surface area contributed by atoms with Gasteiger partial charge in [-0.2, -0.15) is 0 Å². The fourth-order valence-electron chi connectivity index (χ4n) is 3.36. The van der Waals surface area contributed by atoms with Crippen LogP contribution in [0, 0.1) is 0 Å². The molecule has 0 unspecified atom stereocenters. The topological polar surface area (TPSA) is 78.9 Å². The number of rotatable bonds is 6. The zero-order valence-electron chi connectivity index (χ0n) is 16.1. The van der Waals surface area contributed by atoms with E-state index in [1.54, 1.807) is 18.2 Å². The number of phenols is 1. The number of ether oxygens (including phenoxy) is 1. The van der Waals surface area contributed by atoms with E-state index in [2.05, 4.69) is 5.32 Å². The lowest BCUT2D eigenvalue weighted by Crippen LogP contribution is -2.47. The molecule has 3 rings (SSSR count). The Labute approximate surface area is 165 Å². The van der Waals surface area contributed by atoms with Gasteiger partial charge in [-0.25, -0.2) is 0 Å². The van der Waals surface area contributed by atoms with Crippen LogP contribution in [0.4, 0.5) is 0 Å². The quantitative estimate of drug-likeness (QED) is 0.805. The predicted octanol–water partition coefficient (Wildman–Crippen LogP) is 2.75. The number of piperidine rings is 1. The fraction of sp³-hybridized carbons (Fsp3) is 0.364. The molecule has 1 fully saturated rings. The highest BCUT2D eigenvalue weighted by Gasteiger charge is 2.24. The van der Waals surface area contributed by atoms with Crippen LogP contribution in [0.25, 0.3) is 0 Å². The van der Waals surface area contributed by atoms with Gasteiger partial charge < -0.3 is 20.1 Å². The highest BCUT2D eigenvalue weighted by Crippen LogP contribution is 2.18. The zero-order chi connectivity index (χ0) is 19.9. The SMILES string of the molecule is CCOc1ccc(CC(=O)N2CCC(NC(=O)c3ccccc3O)CC2)cc1. The number of para-hydroxylation sites is 1. The van der Waals surface area contributed by atoms with Crippen LogP contribution >= 0.6 is 0 Å². The van der Waals surface area contributed by atoms with E-state index in [0.29, 0.717) is 39.0 Å². The van der Waals surface area contributed by atoms with Crippen molar-refractivity contribution in [3.05, 3.63) is 59.7 Å². The van der Waals surface area contributed by atoms with E-state index in [-0.39, 0.29) is 29.2 Å². The molecular weight excluding hydrogens is 356 g/mol. The van der Waals surface area contributed by atoms with E-state index >= 15 is 0 Å². The Morgan fingerprint density at radius 1 is 1.11 bits per heavy atom. The van der Waals surface area contributed by atoms with E-state index in [4.69, 9.17) is 4.74 Å². The van der Waals surface area contributed by atoms with E-state index in [9.17, 15) is 14.7 Å². The van der Waals surface area contributed by atoms with E-state index in [1.807, 2.05) is 36.1 Å². The summed E-state index contributed by atoms with van der Waals surface area (Å²) in [7, 11) is 0. The number of benzene rings is 2. The summed E-state index contributed by atoms with van der Waals surface area (Å²) in [5, 5.41) is 12.7. The number of likely N-dealkylation sites (tertiary alicyclic amines) is 1. The van der Waals surface area contributed by atoms with Crippen LogP contribution in [-0.2, 0) is 11.2 Å². The molecule has 0 bridgehead atoms. The number of amides is 2. The van der Waals surface area contributed by atoms with Gasteiger partial charge in [0.1, 0.15) is 11.5 Å². The Balaban J connectivity index is 1.47. The average molecular weight is 382 g/mol. The number of hydrogen-bond acceptors (Lipinski definition) is 4. The second-order valence-corrected chi connectivity index (χ2v) is 6.90. The number of carbonyl (C=O) groups excluding carboxylic acids is 2. The number of carbonyl (C=O) groups is 2. The van der Waals surface area contributed by atoms with Crippen molar-refractivity contribution in [2.45, 2.75) is 32.2 Å². The zero-order valence-corrected chi connectivity index (χ0v) is 16.1. The Kier molecular flexibility index (Phi) is 6.53. The van der Waals surface area contributed by atoms with Crippen LogP contribution in [0.5, 0.6) is 11.5 Å². The summed E-state index contributed by atoms with van der Waals surface area (Å²) >= 11 is 0. The molecule has 0 spiro atoms. The maximum absolute atomic E-state index is 12.5. The van der Waals surface area contributed by atoms with Crippen LogP contribution in [0.15, 0.2) is 48.5 Å². The van der Waals surface area contributed by atoms with Gasteiger partial charge in [0.15, 0.2) is 0 Å². The Morgan fingerprint density at radius 2 is 1.79 bits per heavy atom. The molecule has 6 nitrogen and oxygen atoms in total. The van der Waals surface area contributed by atoms with Crippen LogP contribution in [0.2, 0.25) is 0 Å². The normalized spacial score (nSPS) is 14.5. The molecule has 2 amide bonds. The predicted molar refractivity (Wildman–Crippen MR) is 106 cm³/mol. The third-order valence-electron chi connectivity index (χ3n) is 4.92. The maximum atomic E-state index is 12.5. The summed E-state index contributed by atoms with van der Waals surface area (Å²) in [5.41, 5.74) is 1.24. The highest BCUT2D eigenvalue weighted by molar-refractivity contribution is 5.96. The summed E-state index contributed by atoms with van der Waals surface area (Å²) in [6.45, 7) is 3.78. The molecule has 0 aromatic heterocycles. The largest absolute Gasteiger partial charge is 0.507 e. The van der Waals surface area contributed by atoms with Crippen molar-refractivity contribution in [3.63, 3.8) is 0 Å². The van der Waals surface area contributed by atoms with Crippen molar-refractivity contribution in [1.82, 2.24) is 10.2 Å². The van der Waals surface area contributed by atoms with Crippen LogP contribution in [-0.4, -0.2) is 47.6 Å². The van der Waals surface area contributed by atoms with Crippen LogP contribution < -0.4 is 10.1 Å². The lowest BCUT2D eigenvalue weighted by atomic mass is 10.0. The van der Waals surface area contributed by atoms with E-state index < -0.39 is 0 Å². The number of hydrogen-bond donors (Lipinski definition) is 2. The first-order valence-electron chi connectivity index (χ1n) is 9.65. The molecule has 2 N–H and O–H groups in total. The molecule has 2 aromatic rings. The molecule has 1 aliphatic heterocycles. The Bertz CT molecular complexity index is 812. The summed E-state index contributed by atoms with van der Waals surface area (Å²) in [5.74, 6) is 0.592. The lowest BCUT2D eigenvalue weighted by molar-refractivity contribution is -0.131. The molecule has 1 heterocycles. The molecule has 0 atom stereocenters. The fourth-order valence-corrected chi connectivity index (χ4v) is 3.36. The van der Waals surface area contributed by atoms with Crippen molar-refractivity contribution in [2.24, 2.45) is 0 Å². The molecule has 0 saturated carbocycles. The first-order chi connectivity index (χ1) is 13.6. The molecule has 0 aliphatic carbocycles. The minimum Gasteiger partial charge on any atom is -0.507 e. The molecule has 6 heteroatoms. The second-order valence-electron chi connectivity index (χ2n) is 6.90. The monoisotopic (exact) mass is 382 g/mol. The minimum absolute atomic E-state index is 0.00151. The van der Waals surface area contributed by atoms with Gasteiger partial charge in [0.2, 0.25) is 5.91 Å². The minimum atomic E-state index is -0.280. The molecule has 1 saturated heterocycles. The smallest absolute Gasteiger partial charge is 0.255 e. The third-order valence-corrected chi connectivity index (χ3v) is 4.92. The molecule has 28 heavy (non-hydrogen) atoms. The number of nitrogens with zero attached hydrogens (tertiary/aromatic N) is 1. The van der Waals surface area contributed by atoms with Crippen molar-refractivity contribution in [1.29, 1.82) is 0 Å². The maximum Gasteiger partial charge on any atom is 0.255 e. The standard InChI is InChI=1S/C22H26N2O4/c1-2-28-18-9-7-16(8-10-18)15-21(26)24-13-11-17(12-14-24)23-22(27)19-5-3-4-6-20(19)25/h3-10,17,25H,2,11-15H2,1H3,(H,23,27). The van der Waals surface area contributed by atoms with Gasteiger partial charge in [-0.05, 0) is 49.6 Å². The van der Waals surface area contributed by atoms with E-state index in [1.165, 1.54) is 6.07 Å². The summed E-state index contributed by atoms with van der Waals surface area (Å²) < 4.78 is 5.42. The van der Waals surface area contributed by atoms with Crippen molar-refractivity contribution < 1.29 is 19.4 Å². The number of nitrogens with one attached hydrogen (secondary N) is 1. The summed E-state index contributed by atoms with van der Waals surface area (Å²) in [6.07, 6.45) is 1.77. The average Bonchev–Trinajstić information content (AvgIpc) is 2.70. The van der Waals surface area contributed by atoms with Crippen molar-refractivity contribution in [2.75, 3.05) is 19.7 Å². The van der Waals surface area contributed by atoms with E-state index in [0.717, 1.165) is 11.3 Å². The van der Waals surface area contributed by atoms with Gasteiger partial charge in [-0.3, -0.25) is 9.59 Å². The van der Waals surface area contributed by atoms with Gasteiger partial charge in [0.25, 0.3) is 5.91 Å². The molecule has 1 aliphatic rings. The molecule has 0 radical (unpaired) electrons. The van der Waals surface area contributed by atoms with Gasteiger partial charge in [0.05, 0.1) is 18.6 Å². The van der Waals surface area contributed by atoms with Gasteiger partial charge in [-0.1, -0.05) is 24.3 Å².